The Hall–Kier alpha value is -2.12. The van der Waals surface area contributed by atoms with Crippen molar-refractivity contribution in [3.05, 3.63) is 34.9 Å². The molecule has 1 aliphatic rings. The minimum absolute atomic E-state index is 0.0988. The van der Waals surface area contributed by atoms with Gasteiger partial charge < -0.3 is 20.8 Å². The molecule has 0 radical (unpaired) electrons. The smallest absolute Gasteiger partial charge is 0.414 e. The molecule has 144 valence electrons. The van der Waals surface area contributed by atoms with E-state index in [1.807, 2.05) is 12.1 Å². The molecule has 1 fully saturated rings. The summed E-state index contributed by atoms with van der Waals surface area (Å²) in [7, 11) is 0. The fourth-order valence-electron chi connectivity index (χ4n) is 2.68. The molecular formula is C18H25ClN2O5. The van der Waals surface area contributed by atoms with Crippen LogP contribution in [0.25, 0.3) is 0 Å². The Balaban J connectivity index is 0.000000487. The summed E-state index contributed by atoms with van der Waals surface area (Å²) >= 11 is 6.00. The number of halogens is 1. The number of carbonyl (C=O) groups excluding carboxylic acids is 1. The van der Waals surface area contributed by atoms with Gasteiger partial charge in [-0.25, -0.2) is 9.59 Å². The molecule has 0 saturated heterocycles. The van der Waals surface area contributed by atoms with E-state index in [1.165, 1.54) is 38.5 Å². The van der Waals surface area contributed by atoms with E-state index in [0.717, 1.165) is 6.54 Å². The Morgan fingerprint density at radius 1 is 0.962 bits per heavy atom. The highest BCUT2D eigenvalue weighted by atomic mass is 35.5. The fraction of sp³-hybridized carbons (Fsp3) is 0.500. The minimum atomic E-state index is -1.82. The van der Waals surface area contributed by atoms with Crippen molar-refractivity contribution in [1.29, 1.82) is 0 Å². The van der Waals surface area contributed by atoms with Crippen LogP contribution in [-0.2, 0) is 9.59 Å². The SMILES string of the molecule is O=C(NCCNC1CCCCCC1)c1ccccc1Cl.O=C(O)C(=O)O. The molecule has 4 N–H and O–H groups in total. The highest BCUT2D eigenvalue weighted by Gasteiger charge is 2.12. The predicted molar refractivity (Wildman–Crippen MR) is 98.5 cm³/mol. The molecule has 0 spiro atoms. The molecule has 8 heteroatoms. The lowest BCUT2D eigenvalue weighted by Gasteiger charge is -2.16. The number of benzene rings is 1. The van der Waals surface area contributed by atoms with Crippen LogP contribution in [0.15, 0.2) is 24.3 Å². The second-order valence-corrected chi connectivity index (χ2v) is 6.40. The topological polar surface area (TPSA) is 116 Å². The third-order valence-corrected chi connectivity index (χ3v) is 4.33. The number of rotatable bonds is 5. The van der Waals surface area contributed by atoms with Gasteiger partial charge in [-0.15, -0.1) is 0 Å². The standard InChI is InChI=1S/C16H23ClN2O.C2H2O4/c17-15-10-6-5-9-14(15)16(20)19-12-11-18-13-7-3-1-2-4-8-13;3-1(4)2(5)6/h5-6,9-10,13,18H,1-4,7-8,11-12H2,(H,19,20);(H,3,4)(H,5,6). The van der Waals surface area contributed by atoms with Gasteiger partial charge in [-0.05, 0) is 25.0 Å². The average molecular weight is 385 g/mol. The summed E-state index contributed by atoms with van der Waals surface area (Å²) < 4.78 is 0. The van der Waals surface area contributed by atoms with Crippen molar-refractivity contribution in [2.45, 2.75) is 44.6 Å². The molecule has 7 nitrogen and oxygen atoms in total. The summed E-state index contributed by atoms with van der Waals surface area (Å²) in [5, 5.41) is 21.7. The number of hydrogen-bond acceptors (Lipinski definition) is 4. The summed E-state index contributed by atoms with van der Waals surface area (Å²) in [6, 6.07) is 7.75. The first-order chi connectivity index (χ1) is 12.4. The van der Waals surface area contributed by atoms with Crippen LogP contribution in [0.4, 0.5) is 0 Å². The van der Waals surface area contributed by atoms with Crippen LogP contribution in [0.1, 0.15) is 48.9 Å². The van der Waals surface area contributed by atoms with Gasteiger partial charge in [0.05, 0.1) is 10.6 Å². The normalized spacial score (nSPS) is 14.5. The van der Waals surface area contributed by atoms with Crippen molar-refractivity contribution >= 4 is 29.4 Å². The molecule has 0 unspecified atom stereocenters. The Labute approximate surface area is 157 Å². The summed E-state index contributed by atoms with van der Waals surface area (Å²) in [5.41, 5.74) is 0.545. The Kier molecular flexibility index (Phi) is 10.3. The third-order valence-electron chi connectivity index (χ3n) is 4.00. The number of carboxylic acids is 2. The maximum Gasteiger partial charge on any atom is 0.414 e. The molecule has 0 bridgehead atoms. The lowest BCUT2D eigenvalue weighted by Crippen LogP contribution is -2.36. The average Bonchev–Trinajstić information content (AvgIpc) is 2.88. The number of aliphatic carboxylic acids is 2. The van der Waals surface area contributed by atoms with Crippen LogP contribution in [0.3, 0.4) is 0 Å². The largest absolute Gasteiger partial charge is 0.473 e. The Bertz CT molecular complexity index is 589. The molecule has 1 aliphatic carbocycles. The second-order valence-electron chi connectivity index (χ2n) is 5.99. The quantitative estimate of drug-likeness (QED) is 0.352. The zero-order valence-corrected chi connectivity index (χ0v) is 15.3. The maximum atomic E-state index is 11.9. The molecule has 0 atom stereocenters. The van der Waals surface area contributed by atoms with Crippen molar-refractivity contribution in [2.75, 3.05) is 13.1 Å². The fourth-order valence-corrected chi connectivity index (χ4v) is 2.90. The Morgan fingerprint density at radius 3 is 2.08 bits per heavy atom. The third kappa shape index (κ3) is 8.82. The van der Waals surface area contributed by atoms with Gasteiger partial charge in [-0.1, -0.05) is 49.4 Å². The maximum absolute atomic E-state index is 11.9. The van der Waals surface area contributed by atoms with E-state index in [0.29, 0.717) is 23.2 Å². The molecule has 1 saturated carbocycles. The van der Waals surface area contributed by atoms with Crippen LogP contribution in [0.5, 0.6) is 0 Å². The van der Waals surface area contributed by atoms with E-state index in [1.54, 1.807) is 12.1 Å². The first-order valence-electron chi connectivity index (χ1n) is 8.64. The van der Waals surface area contributed by atoms with Gasteiger partial charge in [-0.3, -0.25) is 4.79 Å². The van der Waals surface area contributed by atoms with Gasteiger partial charge in [0, 0.05) is 19.1 Å². The van der Waals surface area contributed by atoms with Gasteiger partial charge >= 0.3 is 11.9 Å². The zero-order valence-electron chi connectivity index (χ0n) is 14.5. The van der Waals surface area contributed by atoms with Crippen molar-refractivity contribution in [1.82, 2.24) is 10.6 Å². The van der Waals surface area contributed by atoms with E-state index in [2.05, 4.69) is 10.6 Å². The van der Waals surface area contributed by atoms with Crippen molar-refractivity contribution in [2.24, 2.45) is 0 Å². The molecule has 26 heavy (non-hydrogen) atoms. The van der Waals surface area contributed by atoms with Crippen molar-refractivity contribution in [3.63, 3.8) is 0 Å². The van der Waals surface area contributed by atoms with E-state index in [4.69, 9.17) is 31.4 Å². The molecule has 0 aliphatic heterocycles. The van der Waals surface area contributed by atoms with Gasteiger partial charge in [-0.2, -0.15) is 0 Å². The first kappa shape index (κ1) is 21.9. The minimum Gasteiger partial charge on any atom is -0.473 e. The van der Waals surface area contributed by atoms with Gasteiger partial charge in [0.2, 0.25) is 0 Å². The number of carboxylic acid groups (broad SMARTS) is 2. The molecule has 0 aromatic heterocycles. The van der Waals surface area contributed by atoms with Crippen molar-refractivity contribution < 1.29 is 24.6 Å². The lowest BCUT2D eigenvalue weighted by molar-refractivity contribution is -0.159. The van der Waals surface area contributed by atoms with Gasteiger partial charge in [0.1, 0.15) is 0 Å². The van der Waals surface area contributed by atoms with Crippen LogP contribution in [0.2, 0.25) is 5.02 Å². The van der Waals surface area contributed by atoms with Crippen molar-refractivity contribution in [3.8, 4) is 0 Å². The van der Waals surface area contributed by atoms with Crippen LogP contribution in [-0.4, -0.2) is 47.2 Å². The van der Waals surface area contributed by atoms with E-state index in [9.17, 15) is 4.79 Å². The monoisotopic (exact) mass is 384 g/mol. The summed E-state index contributed by atoms with van der Waals surface area (Å²) in [5.74, 6) is -3.75. The molecule has 1 amide bonds. The molecule has 2 rings (SSSR count). The second kappa shape index (κ2) is 12.3. The summed E-state index contributed by atoms with van der Waals surface area (Å²) in [4.78, 5) is 30.1. The highest BCUT2D eigenvalue weighted by molar-refractivity contribution is 6.33. The van der Waals surface area contributed by atoms with Crippen LogP contribution in [0, 0.1) is 0 Å². The zero-order chi connectivity index (χ0) is 19.4. The lowest BCUT2D eigenvalue weighted by atomic mass is 10.1. The summed E-state index contributed by atoms with van der Waals surface area (Å²) in [6.07, 6.45) is 7.90. The number of nitrogens with one attached hydrogen (secondary N) is 2. The van der Waals surface area contributed by atoms with E-state index < -0.39 is 11.9 Å². The van der Waals surface area contributed by atoms with E-state index in [-0.39, 0.29) is 5.91 Å². The summed E-state index contributed by atoms with van der Waals surface area (Å²) in [6.45, 7) is 1.46. The first-order valence-corrected chi connectivity index (χ1v) is 9.02. The predicted octanol–water partition coefficient (Wildman–Crippen LogP) is 2.54. The van der Waals surface area contributed by atoms with E-state index >= 15 is 0 Å². The Morgan fingerprint density at radius 2 is 1.54 bits per heavy atom. The number of amides is 1. The number of carbonyl (C=O) groups is 3. The molecular weight excluding hydrogens is 360 g/mol. The van der Waals surface area contributed by atoms with Gasteiger partial charge in [0.15, 0.2) is 0 Å². The molecule has 1 aromatic rings. The highest BCUT2D eigenvalue weighted by Crippen LogP contribution is 2.17. The molecule has 0 heterocycles. The molecule has 1 aromatic carbocycles. The van der Waals surface area contributed by atoms with Gasteiger partial charge in [0.25, 0.3) is 5.91 Å². The number of hydrogen-bond donors (Lipinski definition) is 4. The van der Waals surface area contributed by atoms with Crippen LogP contribution >= 0.6 is 11.6 Å². The van der Waals surface area contributed by atoms with Crippen LogP contribution < -0.4 is 10.6 Å².